The van der Waals surface area contributed by atoms with Gasteiger partial charge in [0.2, 0.25) is 0 Å². The number of rotatable bonds is 24. The number of hydrogen-bond donors (Lipinski definition) is 23. The summed E-state index contributed by atoms with van der Waals surface area (Å²) >= 11 is 0. The van der Waals surface area contributed by atoms with Crippen LogP contribution in [0.1, 0.15) is 27.1 Å². The molecule has 0 spiro atoms. The summed E-state index contributed by atoms with van der Waals surface area (Å²) in [6, 6.07) is 3.81. The molecular formula is C47H76N4O34. The van der Waals surface area contributed by atoms with E-state index >= 15 is 0 Å². The molecule has 85 heavy (non-hydrogen) atoms. The Kier molecular flexibility index (Phi) is 25.1. The number of nitrogens with one attached hydrogen (secondary N) is 2. The number of hydrogen-bond acceptors (Lipinski definition) is 36. The van der Waals surface area contributed by atoms with E-state index < -0.39 is 236 Å². The van der Waals surface area contributed by atoms with E-state index in [0.29, 0.717) is 0 Å². The molecule has 0 bridgehead atoms. The molecule has 6 aliphatic rings. The molecule has 1 aromatic carbocycles. The van der Waals surface area contributed by atoms with Crippen molar-refractivity contribution in [3.05, 3.63) is 29.3 Å². The molecule has 6 heterocycles. The highest BCUT2D eigenvalue weighted by atomic mass is 16.8. The molecule has 38 heteroatoms. The lowest BCUT2D eigenvalue weighted by atomic mass is 9.95. The molecule has 2 amide bonds. The van der Waals surface area contributed by atoms with Gasteiger partial charge in [-0.25, -0.2) is 11.7 Å². The highest BCUT2D eigenvalue weighted by Gasteiger charge is 2.57. The lowest BCUT2D eigenvalue weighted by molar-refractivity contribution is -0.396. The van der Waals surface area contributed by atoms with E-state index in [4.69, 9.17) is 73.3 Å². The Bertz CT molecular complexity index is 2210. The monoisotopic (exact) mass is 1240 g/mol. The number of carbonyl (C=O) groups is 2. The largest absolute Gasteiger partial charge is 0.493 e. The number of aliphatic hydroxyl groups excluding tert-OH is 19. The van der Waals surface area contributed by atoms with Crippen molar-refractivity contribution in [2.75, 3.05) is 52.9 Å². The van der Waals surface area contributed by atoms with Crippen molar-refractivity contribution in [2.45, 2.75) is 191 Å². The van der Waals surface area contributed by atoms with Crippen LogP contribution in [0.3, 0.4) is 0 Å². The van der Waals surface area contributed by atoms with Gasteiger partial charge >= 0.3 is 0 Å². The Labute approximate surface area is 480 Å². The van der Waals surface area contributed by atoms with Crippen molar-refractivity contribution in [3.63, 3.8) is 0 Å². The van der Waals surface area contributed by atoms with Gasteiger partial charge in [0.15, 0.2) is 37.7 Å². The molecular weight excluding hydrogens is 1160 g/mol. The van der Waals surface area contributed by atoms with Crippen LogP contribution in [0.5, 0.6) is 5.75 Å². The number of nitrogens with two attached hydrogens (primary N) is 2. The summed E-state index contributed by atoms with van der Waals surface area (Å²) in [5, 5.41) is 204. The highest BCUT2D eigenvalue weighted by molar-refractivity contribution is 6.00. The van der Waals surface area contributed by atoms with Crippen LogP contribution in [0, 0.1) is 0 Å². The Morgan fingerprint density at radius 2 is 0.635 bits per heavy atom. The minimum atomic E-state index is -2.21. The fraction of sp³-hybridized carbons (Fsp3) is 0.830. The maximum absolute atomic E-state index is 12.1. The molecule has 0 aliphatic carbocycles. The van der Waals surface area contributed by atoms with Gasteiger partial charge in [0.25, 0.3) is 11.8 Å². The average Bonchev–Trinajstić information content (AvgIpc) is 3.62. The van der Waals surface area contributed by atoms with E-state index in [1.807, 2.05) is 10.9 Å². The Hall–Kier alpha value is -3.36. The zero-order chi connectivity index (χ0) is 62.3. The van der Waals surface area contributed by atoms with Gasteiger partial charge in [0.05, 0.1) is 52.9 Å². The van der Waals surface area contributed by atoms with Gasteiger partial charge in [0, 0.05) is 17.5 Å². The van der Waals surface area contributed by atoms with E-state index in [2.05, 4.69) is 0 Å². The van der Waals surface area contributed by atoms with Gasteiger partial charge in [-0.2, -0.15) is 0 Å². The number of nitrogen functional groups attached to an aromatic ring is 2. The van der Waals surface area contributed by atoms with Crippen LogP contribution in [0.15, 0.2) is 18.2 Å². The molecule has 1 aromatic rings. The lowest BCUT2D eigenvalue weighted by Crippen LogP contribution is -2.68. The first-order valence-electron chi connectivity index (χ1n) is 26.6. The average molecular weight is 1240 g/mol. The number of hydrazine groups is 2. The Morgan fingerprint density at radius 3 is 0.929 bits per heavy atom. The molecule has 30 atom stereocenters. The SMILES string of the molecule is NNC(=O)c1cc(OCCCO[C@@H]2O[C@H](CO)[C@@H](O[C@H]3O[C@H](CO)[C@@H](O[C@H]4O[C@H](CO)[C@@H](O[C@H]5O[C@H](CO)[C@@H](O[C@H]6O[C@H](CO)[C@@H](O[C@H]7O[C@H](CO)[C@@H](O)[C@H](O)[C@H]7O)[C@H](O)[C@H]6O)[C@H](O)[C@H]5O)[C@H](O)[C@H]4O)[C@H](O)[C@H]3O)[C@H](O)[C@H]2O)cc(C(=O)NN)c1. The van der Waals surface area contributed by atoms with Crippen LogP contribution >= 0.6 is 0 Å². The van der Waals surface area contributed by atoms with Gasteiger partial charge in [-0.1, -0.05) is 0 Å². The standard InChI is InChI=1S/C47H76N4O34/c48-50-40(71)13-4-14(41(72)51-49)6-15(5-13)73-2-1-3-74-42-30(66)24(60)35(17(8-53)76-42)82-44-32(68)26(62)37(19(10-55)78-44)84-46-34(70)28(64)39(21(12-57)80-46)85-47-33(69)27(63)38(20(11-56)79-47)83-45-31(67)25(61)36(18(9-54)77-45)81-43-29(65)23(59)22(58)16(7-52)75-43/h4-6,16-39,42-47,52-70H,1-3,7-12,48-49H2,(H,50,71)(H,51,72)/t16-,17-,18-,19-,20-,21-,22-,23+,24-,25-,26-,27-,28-,29-,30-,31-,32-,33-,34-,35-,36-,37-,38-,39-,42-,43-,44-,45-,46-,47-/m1/s1. The second-order valence-electron chi connectivity index (χ2n) is 20.5. The minimum absolute atomic E-state index is 0.0259. The van der Waals surface area contributed by atoms with Crippen LogP contribution < -0.4 is 27.3 Å². The van der Waals surface area contributed by atoms with Gasteiger partial charge in [0.1, 0.15) is 152 Å². The zero-order valence-corrected chi connectivity index (χ0v) is 44.7. The quantitative estimate of drug-likeness (QED) is 0.0198. The Balaban J connectivity index is 0.910. The fourth-order valence-electron chi connectivity index (χ4n) is 10.2. The van der Waals surface area contributed by atoms with E-state index in [0.717, 1.165) is 0 Å². The third-order valence-electron chi connectivity index (χ3n) is 14.9. The third kappa shape index (κ3) is 15.3. The van der Waals surface area contributed by atoms with Crippen LogP contribution in [0.25, 0.3) is 0 Å². The van der Waals surface area contributed by atoms with Gasteiger partial charge < -0.3 is 159 Å². The first kappa shape index (κ1) is 69.1. The van der Waals surface area contributed by atoms with E-state index in [1.165, 1.54) is 18.2 Å². The summed E-state index contributed by atoms with van der Waals surface area (Å²) in [6.07, 6.45) is -57.0. The molecule has 0 aromatic heterocycles. The van der Waals surface area contributed by atoms with E-state index in [-0.39, 0.29) is 36.5 Å². The predicted octanol–water partition coefficient (Wildman–Crippen LogP) is -14.4. The first-order chi connectivity index (χ1) is 40.5. The van der Waals surface area contributed by atoms with Crippen molar-refractivity contribution in [1.29, 1.82) is 0 Å². The molecule has 0 saturated carbocycles. The van der Waals surface area contributed by atoms with Crippen LogP contribution in [0.2, 0.25) is 0 Å². The van der Waals surface area contributed by atoms with Crippen molar-refractivity contribution in [2.24, 2.45) is 11.7 Å². The second kappa shape index (κ2) is 30.9. The Morgan fingerprint density at radius 1 is 0.365 bits per heavy atom. The minimum Gasteiger partial charge on any atom is -0.493 e. The van der Waals surface area contributed by atoms with Crippen LogP contribution in [-0.2, 0) is 56.8 Å². The summed E-state index contributed by atoms with van der Waals surface area (Å²) in [6.45, 7) is -6.11. The van der Waals surface area contributed by atoms with E-state index in [1.54, 1.807) is 0 Å². The second-order valence-corrected chi connectivity index (χ2v) is 20.5. The number of aliphatic hydroxyl groups is 19. The molecule has 38 nitrogen and oxygen atoms in total. The van der Waals surface area contributed by atoms with Gasteiger partial charge in [-0.05, 0) is 18.2 Å². The highest BCUT2D eigenvalue weighted by Crippen LogP contribution is 2.37. The van der Waals surface area contributed by atoms with E-state index in [9.17, 15) is 107 Å². The molecule has 0 radical (unpaired) electrons. The third-order valence-corrected chi connectivity index (χ3v) is 14.9. The molecule has 7 rings (SSSR count). The van der Waals surface area contributed by atoms with Crippen LogP contribution in [0.4, 0.5) is 0 Å². The number of amides is 2. The fourth-order valence-corrected chi connectivity index (χ4v) is 10.2. The number of carbonyl (C=O) groups excluding carboxylic acids is 2. The maximum atomic E-state index is 12.1. The summed E-state index contributed by atoms with van der Waals surface area (Å²) in [5.41, 5.74) is 3.80. The number of ether oxygens (including phenoxy) is 13. The maximum Gasteiger partial charge on any atom is 0.265 e. The van der Waals surface area contributed by atoms with Gasteiger partial charge in [-0.15, -0.1) is 0 Å². The van der Waals surface area contributed by atoms with Crippen LogP contribution in [-0.4, -0.2) is 346 Å². The van der Waals surface area contributed by atoms with Crippen molar-refractivity contribution >= 4 is 11.8 Å². The molecule has 488 valence electrons. The number of benzene rings is 1. The van der Waals surface area contributed by atoms with Crippen molar-refractivity contribution in [3.8, 4) is 5.75 Å². The van der Waals surface area contributed by atoms with Crippen molar-refractivity contribution < 1.29 is 168 Å². The topological polar surface area (TPSA) is 615 Å². The summed E-state index contributed by atoms with van der Waals surface area (Å²) < 4.78 is 73.0. The zero-order valence-electron chi connectivity index (χ0n) is 44.7. The predicted molar refractivity (Wildman–Crippen MR) is 263 cm³/mol. The molecule has 6 saturated heterocycles. The lowest BCUT2D eigenvalue weighted by Gasteiger charge is -2.50. The normalized spacial score (nSPS) is 44.3. The molecule has 0 unspecified atom stereocenters. The molecule has 25 N–H and O–H groups in total. The van der Waals surface area contributed by atoms with Gasteiger partial charge in [-0.3, -0.25) is 20.4 Å². The smallest absolute Gasteiger partial charge is 0.265 e. The molecule has 6 aliphatic heterocycles. The summed E-state index contributed by atoms with van der Waals surface area (Å²) in [7, 11) is 0. The van der Waals surface area contributed by atoms with Crippen molar-refractivity contribution in [1.82, 2.24) is 10.9 Å². The summed E-state index contributed by atoms with van der Waals surface area (Å²) in [4.78, 5) is 24.2. The summed E-state index contributed by atoms with van der Waals surface area (Å²) in [5.74, 6) is 9.01. The first-order valence-corrected chi connectivity index (χ1v) is 26.6. The molecule has 6 fully saturated rings.